The minimum atomic E-state index is 0.306. The Morgan fingerprint density at radius 3 is 2.33 bits per heavy atom. The van der Waals surface area contributed by atoms with E-state index in [4.69, 9.17) is 26.8 Å². The van der Waals surface area contributed by atoms with Crippen LogP contribution in [0.3, 0.4) is 0 Å². The fourth-order valence-electron chi connectivity index (χ4n) is 2.23. The third-order valence-corrected chi connectivity index (χ3v) is 3.63. The van der Waals surface area contributed by atoms with Gasteiger partial charge in [0.2, 0.25) is 0 Å². The molecule has 4 nitrogen and oxygen atoms in total. The van der Waals surface area contributed by atoms with Crippen molar-refractivity contribution in [1.82, 2.24) is 0 Å². The summed E-state index contributed by atoms with van der Waals surface area (Å²) >= 11 is 6.17. The highest BCUT2D eigenvalue weighted by molar-refractivity contribution is 6.32. The van der Waals surface area contributed by atoms with Crippen molar-refractivity contribution < 1.29 is 9.47 Å². The second kappa shape index (κ2) is 5.67. The highest BCUT2D eigenvalue weighted by atomic mass is 35.5. The van der Waals surface area contributed by atoms with Crippen LogP contribution in [0.1, 0.15) is 12.8 Å². The van der Waals surface area contributed by atoms with Crippen molar-refractivity contribution in [2.45, 2.75) is 18.9 Å². The lowest BCUT2D eigenvalue weighted by Crippen LogP contribution is -2.39. The quantitative estimate of drug-likeness (QED) is 0.915. The fourth-order valence-corrected chi connectivity index (χ4v) is 2.47. The van der Waals surface area contributed by atoms with Gasteiger partial charge in [0.1, 0.15) is 11.5 Å². The molecule has 2 rings (SSSR count). The number of anilines is 1. The zero-order valence-electron chi connectivity index (χ0n) is 10.8. The smallest absolute Gasteiger partial charge is 0.145 e. The lowest BCUT2D eigenvalue weighted by atomic mass is 10.1. The van der Waals surface area contributed by atoms with E-state index in [2.05, 4.69) is 4.90 Å². The van der Waals surface area contributed by atoms with Crippen molar-refractivity contribution in [2.75, 3.05) is 32.2 Å². The fraction of sp³-hybridized carbons (Fsp3) is 0.538. The van der Waals surface area contributed by atoms with E-state index >= 15 is 0 Å². The molecule has 0 bridgehead atoms. The molecule has 1 aromatic rings. The predicted octanol–water partition coefficient (Wildman–Crippen LogP) is 2.28. The van der Waals surface area contributed by atoms with Crippen LogP contribution in [0.2, 0.25) is 5.02 Å². The zero-order chi connectivity index (χ0) is 13.1. The van der Waals surface area contributed by atoms with Gasteiger partial charge in [-0.25, -0.2) is 0 Å². The molecule has 0 saturated carbocycles. The molecular weight excluding hydrogens is 252 g/mol. The van der Waals surface area contributed by atoms with Crippen molar-refractivity contribution in [3.8, 4) is 11.5 Å². The van der Waals surface area contributed by atoms with E-state index < -0.39 is 0 Å². The minimum Gasteiger partial charge on any atom is -0.495 e. The Morgan fingerprint density at radius 1 is 1.17 bits per heavy atom. The summed E-state index contributed by atoms with van der Waals surface area (Å²) in [5.41, 5.74) is 6.93. The lowest BCUT2D eigenvalue weighted by Gasteiger charge is -2.33. The summed E-state index contributed by atoms with van der Waals surface area (Å²) in [6.45, 7) is 1.86. The summed E-state index contributed by atoms with van der Waals surface area (Å²) < 4.78 is 10.6. The van der Waals surface area contributed by atoms with Gasteiger partial charge in [0.05, 0.1) is 24.9 Å². The van der Waals surface area contributed by atoms with Crippen LogP contribution in [0.15, 0.2) is 12.1 Å². The van der Waals surface area contributed by atoms with E-state index in [0.29, 0.717) is 16.8 Å². The normalized spacial score (nSPS) is 16.8. The average Bonchev–Trinajstić information content (AvgIpc) is 2.39. The number of benzene rings is 1. The molecule has 1 aliphatic rings. The standard InChI is InChI=1S/C13H19ClN2O2/c1-17-12-8-13(18-2)11(7-10(12)14)16-5-3-9(15)4-6-16/h7-9H,3-6,15H2,1-2H3. The summed E-state index contributed by atoms with van der Waals surface area (Å²) in [6, 6.07) is 4.03. The molecule has 1 aromatic carbocycles. The van der Waals surface area contributed by atoms with Crippen LogP contribution in [-0.4, -0.2) is 33.4 Å². The van der Waals surface area contributed by atoms with Gasteiger partial charge in [0, 0.05) is 25.2 Å². The number of hydrogen-bond donors (Lipinski definition) is 1. The summed E-state index contributed by atoms with van der Waals surface area (Å²) in [4.78, 5) is 2.26. The van der Waals surface area contributed by atoms with Crippen LogP contribution in [0.4, 0.5) is 5.69 Å². The van der Waals surface area contributed by atoms with Gasteiger partial charge in [-0.05, 0) is 18.9 Å². The monoisotopic (exact) mass is 270 g/mol. The molecular formula is C13H19ClN2O2. The first kappa shape index (κ1) is 13.3. The molecule has 0 atom stereocenters. The van der Waals surface area contributed by atoms with Crippen LogP contribution in [0, 0.1) is 0 Å². The second-order valence-corrected chi connectivity index (χ2v) is 4.89. The molecule has 1 fully saturated rings. The van der Waals surface area contributed by atoms with Crippen molar-refractivity contribution in [2.24, 2.45) is 5.73 Å². The molecule has 2 N–H and O–H groups in total. The van der Waals surface area contributed by atoms with E-state index in [1.54, 1.807) is 14.2 Å². The SMILES string of the molecule is COc1cc(OC)c(N2CCC(N)CC2)cc1Cl. The molecule has 1 heterocycles. The predicted molar refractivity (Wildman–Crippen MR) is 74.0 cm³/mol. The van der Waals surface area contributed by atoms with E-state index in [1.807, 2.05) is 12.1 Å². The minimum absolute atomic E-state index is 0.306. The number of ether oxygens (including phenoxy) is 2. The summed E-state index contributed by atoms with van der Waals surface area (Å²) in [5, 5.41) is 0.600. The molecule has 0 aliphatic carbocycles. The maximum absolute atomic E-state index is 6.17. The van der Waals surface area contributed by atoms with Crippen LogP contribution < -0.4 is 20.1 Å². The second-order valence-electron chi connectivity index (χ2n) is 4.48. The van der Waals surface area contributed by atoms with E-state index in [-0.39, 0.29) is 0 Å². The molecule has 5 heteroatoms. The lowest BCUT2D eigenvalue weighted by molar-refractivity contribution is 0.392. The largest absolute Gasteiger partial charge is 0.495 e. The van der Waals surface area contributed by atoms with E-state index in [1.165, 1.54) is 0 Å². The molecule has 0 amide bonds. The maximum atomic E-state index is 6.17. The molecule has 1 aliphatic heterocycles. The van der Waals surface area contributed by atoms with Crippen LogP contribution in [-0.2, 0) is 0 Å². The highest BCUT2D eigenvalue weighted by Crippen LogP contribution is 2.38. The number of methoxy groups -OCH3 is 2. The zero-order valence-corrected chi connectivity index (χ0v) is 11.5. The number of hydrogen-bond acceptors (Lipinski definition) is 4. The van der Waals surface area contributed by atoms with Gasteiger partial charge >= 0.3 is 0 Å². The van der Waals surface area contributed by atoms with Crippen LogP contribution in [0.5, 0.6) is 11.5 Å². The molecule has 0 aromatic heterocycles. The van der Waals surface area contributed by atoms with Gasteiger partial charge in [0.25, 0.3) is 0 Å². The third-order valence-electron chi connectivity index (χ3n) is 3.33. The first-order chi connectivity index (χ1) is 8.65. The third kappa shape index (κ3) is 2.65. The average molecular weight is 271 g/mol. The number of nitrogens with zero attached hydrogens (tertiary/aromatic N) is 1. The summed E-state index contributed by atoms with van der Waals surface area (Å²) in [5.74, 6) is 1.41. The highest BCUT2D eigenvalue weighted by Gasteiger charge is 2.20. The molecule has 0 spiro atoms. The Labute approximate surface area is 113 Å². The van der Waals surface area contributed by atoms with Crippen molar-refractivity contribution >= 4 is 17.3 Å². The van der Waals surface area contributed by atoms with Crippen molar-refractivity contribution in [3.05, 3.63) is 17.2 Å². The summed E-state index contributed by atoms with van der Waals surface area (Å²) in [6.07, 6.45) is 1.99. The topological polar surface area (TPSA) is 47.7 Å². The van der Waals surface area contributed by atoms with Gasteiger partial charge in [-0.3, -0.25) is 0 Å². The molecule has 100 valence electrons. The molecule has 0 radical (unpaired) electrons. The van der Waals surface area contributed by atoms with Crippen LogP contribution >= 0.6 is 11.6 Å². The van der Waals surface area contributed by atoms with Gasteiger partial charge < -0.3 is 20.1 Å². The first-order valence-electron chi connectivity index (χ1n) is 6.07. The molecule has 0 unspecified atom stereocenters. The van der Waals surface area contributed by atoms with Gasteiger partial charge in [-0.2, -0.15) is 0 Å². The van der Waals surface area contributed by atoms with Gasteiger partial charge in [0.15, 0.2) is 0 Å². The van der Waals surface area contributed by atoms with Crippen molar-refractivity contribution in [1.29, 1.82) is 0 Å². The maximum Gasteiger partial charge on any atom is 0.145 e. The molecule has 1 saturated heterocycles. The summed E-state index contributed by atoms with van der Waals surface area (Å²) in [7, 11) is 3.25. The van der Waals surface area contributed by atoms with E-state index in [0.717, 1.165) is 37.4 Å². The number of piperidine rings is 1. The molecule has 18 heavy (non-hydrogen) atoms. The van der Waals surface area contributed by atoms with Gasteiger partial charge in [-0.1, -0.05) is 11.6 Å². The number of rotatable bonds is 3. The Morgan fingerprint density at radius 2 is 1.78 bits per heavy atom. The Kier molecular flexibility index (Phi) is 4.19. The number of halogens is 1. The Balaban J connectivity index is 2.29. The van der Waals surface area contributed by atoms with Gasteiger partial charge in [-0.15, -0.1) is 0 Å². The van der Waals surface area contributed by atoms with Crippen LogP contribution in [0.25, 0.3) is 0 Å². The Bertz CT molecular complexity index is 418. The first-order valence-corrected chi connectivity index (χ1v) is 6.45. The Hall–Kier alpha value is -1.13. The van der Waals surface area contributed by atoms with Crippen molar-refractivity contribution in [3.63, 3.8) is 0 Å². The van der Waals surface area contributed by atoms with E-state index in [9.17, 15) is 0 Å². The number of nitrogens with two attached hydrogens (primary N) is 1.